The predicted molar refractivity (Wildman–Crippen MR) is 153 cm³/mol. The van der Waals surface area contributed by atoms with Crippen LogP contribution >= 0.6 is 12.2 Å². The van der Waals surface area contributed by atoms with E-state index in [2.05, 4.69) is 31.0 Å². The smallest absolute Gasteiger partial charge is 0.260 e. The Morgan fingerprint density at radius 1 is 1.07 bits per heavy atom. The Kier molecular flexibility index (Phi) is 8.25. The van der Waals surface area contributed by atoms with Gasteiger partial charge in [0.1, 0.15) is 17.7 Å². The third-order valence-electron chi connectivity index (χ3n) is 7.81. The molecule has 0 aromatic carbocycles. The number of amides is 1. The number of hydrogen-bond donors (Lipinski definition) is 2. The van der Waals surface area contributed by atoms with Crippen LogP contribution in [0, 0.1) is 23.7 Å². The summed E-state index contributed by atoms with van der Waals surface area (Å²) >= 11 is -1.36. The van der Waals surface area contributed by atoms with Gasteiger partial charge in [-0.05, 0) is 51.0 Å². The second kappa shape index (κ2) is 11.7. The minimum absolute atomic E-state index is 0.130. The molecule has 3 fully saturated rings. The number of halogens is 2. The van der Waals surface area contributed by atoms with Crippen LogP contribution in [0.4, 0.5) is 32.2 Å². The quantitative estimate of drug-likeness (QED) is 0.258. The first-order valence-corrected chi connectivity index (χ1v) is 15.0. The number of anilines is 4. The molecule has 1 aliphatic carbocycles. The molecule has 1 amide bonds. The van der Waals surface area contributed by atoms with E-state index in [0.29, 0.717) is 35.3 Å². The zero-order chi connectivity index (χ0) is 28.3. The molecule has 40 heavy (non-hydrogen) atoms. The molecule has 2 aromatic rings. The summed E-state index contributed by atoms with van der Waals surface area (Å²) < 4.78 is 35.6. The lowest BCUT2D eigenvalue weighted by molar-refractivity contribution is -0.185. The number of aromatic nitrogens is 3. The molecule has 2 aromatic heterocycles. The summed E-state index contributed by atoms with van der Waals surface area (Å²) in [6, 6.07) is 5.29. The van der Waals surface area contributed by atoms with E-state index >= 15 is 0 Å². The largest absolute Gasteiger partial charge is 0.356 e. The molecule has 5 rings (SSSR count). The first-order chi connectivity index (χ1) is 19.2. The summed E-state index contributed by atoms with van der Waals surface area (Å²) in [4.78, 5) is 36.0. The molecule has 1 saturated carbocycles. The molecule has 2 N–H and O–H groups in total. The molecule has 2 aliphatic heterocycles. The van der Waals surface area contributed by atoms with Gasteiger partial charge in [-0.25, -0.2) is 23.6 Å². The van der Waals surface area contributed by atoms with Gasteiger partial charge in [0.2, 0.25) is 5.95 Å². The van der Waals surface area contributed by atoms with Gasteiger partial charge < -0.3 is 19.8 Å². The maximum Gasteiger partial charge on any atom is 0.260 e. The summed E-state index contributed by atoms with van der Waals surface area (Å²) in [5.41, 5.74) is 1.50. The molecule has 0 unspecified atom stereocenters. The maximum atomic E-state index is 13.7. The highest BCUT2D eigenvalue weighted by Gasteiger charge is 2.45. The van der Waals surface area contributed by atoms with Gasteiger partial charge in [-0.1, -0.05) is 0 Å². The van der Waals surface area contributed by atoms with Crippen molar-refractivity contribution in [1.29, 1.82) is 5.26 Å². The molecule has 14 heteroatoms. The number of nitrogens with one attached hydrogen (secondary N) is 2. The zero-order valence-electron chi connectivity index (χ0n) is 22.8. The van der Waals surface area contributed by atoms with Crippen molar-refractivity contribution in [2.75, 3.05) is 52.6 Å². The van der Waals surface area contributed by atoms with Gasteiger partial charge in [-0.2, -0.15) is 26.8 Å². The third-order valence-corrected chi connectivity index (χ3v) is 8.57. The Morgan fingerprint density at radius 3 is 2.42 bits per heavy atom. The topological polar surface area (TPSA) is 129 Å². The van der Waals surface area contributed by atoms with E-state index in [1.165, 1.54) is 18.9 Å². The maximum absolute atomic E-state index is 13.7. The summed E-state index contributed by atoms with van der Waals surface area (Å²) in [6.07, 6.45) is 4.01. The Bertz CT molecular complexity index is 1280. The number of alkyl halides is 2. The van der Waals surface area contributed by atoms with Crippen molar-refractivity contribution in [3.8, 4) is 6.07 Å². The van der Waals surface area contributed by atoms with E-state index in [0.717, 1.165) is 25.9 Å². The number of carbonyl (C=O) groups is 1. The van der Waals surface area contributed by atoms with Crippen molar-refractivity contribution in [1.82, 2.24) is 15.0 Å². The lowest BCUT2D eigenvalue weighted by Crippen LogP contribution is -2.40. The van der Waals surface area contributed by atoms with Gasteiger partial charge >= 0.3 is 0 Å². The Hall–Kier alpha value is -3.28. The van der Waals surface area contributed by atoms with Crippen LogP contribution in [0.15, 0.2) is 12.1 Å². The Balaban J connectivity index is 1.40. The van der Waals surface area contributed by atoms with Gasteiger partial charge in [-0.15, -0.1) is 0 Å². The molecule has 0 atom stereocenters. The van der Waals surface area contributed by atoms with E-state index in [4.69, 9.17) is 14.2 Å². The van der Waals surface area contributed by atoms with Crippen LogP contribution in [0.1, 0.15) is 67.1 Å². The molecular weight excluding hydrogens is 542 g/mol. The van der Waals surface area contributed by atoms with Crippen LogP contribution in [-0.2, 0) is 9.22 Å². The summed E-state index contributed by atoms with van der Waals surface area (Å²) in [5, 5.41) is 12.7. The predicted octanol–water partition coefficient (Wildman–Crippen LogP) is 3.79. The monoisotopic (exact) mass is 578 g/mol. The number of rotatable bonds is 9. The van der Waals surface area contributed by atoms with Crippen LogP contribution in [0.3, 0.4) is 0 Å². The molecule has 4 heterocycles. The van der Waals surface area contributed by atoms with Crippen molar-refractivity contribution >= 4 is 41.5 Å². The fraction of sp³-hybridized carbons (Fsp3) is 0.577. The van der Waals surface area contributed by atoms with Crippen LogP contribution in [-0.4, -0.2) is 59.6 Å². The molecule has 3 aliphatic rings. The van der Waals surface area contributed by atoms with Crippen molar-refractivity contribution in [3.05, 3.63) is 29.0 Å². The van der Waals surface area contributed by atoms with E-state index in [1.807, 2.05) is 6.92 Å². The van der Waals surface area contributed by atoms with E-state index < -0.39 is 24.1 Å². The third kappa shape index (κ3) is 6.54. The van der Waals surface area contributed by atoms with Gasteiger partial charge in [-0.3, -0.25) is 4.79 Å². The Labute approximate surface area is 235 Å². The highest BCUT2D eigenvalue weighted by molar-refractivity contribution is 7.95. The van der Waals surface area contributed by atoms with Crippen LogP contribution < -0.4 is 19.8 Å². The molecule has 2 saturated heterocycles. The molecular formula is C26H36F2N8O3S. The standard InChI is InChI=1S/C26H36F2N8O3S/c1-3-38-39-40-34-21-18(16-29)15-19(22(33-21)35-10-6-25(4-5-25)7-11-35)23(37)31-20-14-17(2)30-24(32-20)36-12-8-26(27,28)9-13-36/h14-15H,3-13H2,1-2H3,40H4,(H,33,34)(H,30,31,32,37). The van der Waals surface area contributed by atoms with Crippen molar-refractivity contribution in [3.63, 3.8) is 0 Å². The number of carbonyl (C=O) groups excluding carboxylic acids is 1. The van der Waals surface area contributed by atoms with Gasteiger partial charge in [0.15, 0.2) is 5.82 Å². The lowest BCUT2D eigenvalue weighted by Gasteiger charge is -2.34. The average Bonchev–Trinajstić information content (AvgIpc) is 3.69. The second-order valence-electron chi connectivity index (χ2n) is 10.7. The number of pyridine rings is 1. The SMILES string of the molecule is CCOO[SH4]Nc1nc(N2CCC3(CC2)CC3)c(C(=O)Nc2cc(C)nc(N3CCC(F)(F)CC3)n2)cc1C#N. The first-order valence-electron chi connectivity index (χ1n) is 13.7. The number of hydrogen-bond acceptors (Lipinski definition) is 10. The highest BCUT2D eigenvalue weighted by atomic mass is 32.2. The zero-order valence-corrected chi connectivity index (χ0v) is 24.2. The number of piperidine rings is 2. The van der Waals surface area contributed by atoms with Crippen LogP contribution in [0.2, 0.25) is 0 Å². The number of nitriles is 1. The fourth-order valence-electron chi connectivity index (χ4n) is 5.20. The molecule has 0 bridgehead atoms. The van der Waals surface area contributed by atoms with Crippen molar-refractivity contribution in [2.45, 2.75) is 58.3 Å². The van der Waals surface area contributed by atoms with Gasteiger partial charge in [0, 0.05) is 50.8 Å². The lowest BCUT2D eigenvalue weighted by atomic mass is 9.93. The number of aryl methyl sites for hydroxylation is 1. The molecule has 0 radical (unpaired) electrons. The minimum atomic E-state index is -2.69. The molecule has 218 valence electrons. The van der Waals surface area contributed by atoms with Crippen LogP contribution in [0.25, 0.3) is 0 Å². The fourth-order valence-corrected chi connectivity index (χ4v) is 5.92. The summed E-state index contributed by atoms with van der Waals surface area (Å²) in [6.45, 7) is 5.77. The number of nitrogens with zero attached hydrogens (tertiary/aromatic N) is 6. The molecule has 1 spiro atoms. The van der Waals surface area contributed by atoms with Crippen molar-refractivity contribution < 1.29 is 22.8 Å². The minimum Gasteiger partial charge on any atom is -0.356 e. The van der Waals surface area contributed by atoms with E-state index in [1.54, 1.807) is 17.9 Å². The van der Waals surface area contributed by atoms with Gasteiger partial charge in [0.05, 0.1) is 17.7 Å². The first kappa shape index (κ1) is 28.3. The summed E-state index contributed by atoms with van der Waals surface area (Å²) in [5.74, 6) is -1.76. The summed E-state index contributed by atoms with van der Waals surface area (Å²) in [7, 11) is 0. The van der Waals surface area contributed by atoms with Gasteiger partial charge in [0.25, 0.3) is 11.8 Å². The Morgan fingerprint density at radius 2 is 1.77 bits per heavy atom. The average molecular weight is 579 g/mol. The van der Waals surface area contributed by atoms with E-state index in [-0.39, 0.29) is 42.9 Å². The molecule has 11 nitrogen and oxygen atoms in total. The second-order valence-corrected chi connectivity index (χ2v) is 11.6. The van der Waals surface area contributed by atoms with E-state index in [9.17, 15) is 18.8 Å². The van der Waals surface area contributed by atoms with Crippen molar-refractivity contribution in [2.24, 2.45) is 5.41 Å². The highest BCUT2D eigenvalue weighted by Crippen LogP contribution is 2.54. The van der Waals surface area contributed by atoms with Crippen LogP contribution in [0.5, 0.6) is 0 Å². The normalized spacial score (nSPS) is 19.4.